The number of hydrogen-bond donors (Lipinski definition) is 0. The van der Waals surface area contributed by atoms with Gasteiger partial charge in [0.15, 0.2) is 11.2 Å². The molecule has 0 bridgehead atoms. The van der Waals surface area contributed by atoms with Gasteiger partial charge in [0.2, 0.25) is 0 Å². The minimum atomic E-state index is -0.379. The van der Waals surface area contributed by atoms with Crippen molar-refractivity contribution in [2.75, 3.05) is 5.75 Å². The van der Waals surface area contributed by atoms with E-state index in [9.17, 15) is 9.59 Å². The number of thiocyanates is 1. The Hall–Kier alpha value is -2.01. The summed E-state index contributed by atoms with van der Waals surface area (Å²) in [5, 5.41) is 10.7. The zero-order valence-electron chi connectivity index (χ0n) is 13.0. The van der Waals surface area contributed by atoms with Crippen molar-refractivity contribution in [1.82, 2.24) is 18.7 Å². The second-order valence-corrected chi connectivity index (χ2v) is 5.98. The SMILES string of the molecule is CCCCc1nc2c(c(=O)n(C)c(=O)n2C)n1CCSC#N. The third-order valence-corrected chi connectivity index (χ3v) is 4.18. The van der Waals surface area contributed by atoms with Gasteiger partial charge in [-0.1, -0.05) is 13.3 Å². The van der Waals surface area contributed by atoms with Crippen LogP contribution in [0, 0.1) is 10.7 Å². The predicted octanol–water partition coefficient (Wildman–Crippen LogP) is 0.991. The summed E-state index contributed by atoms with van der Waals surface area (Å²) in [6.07, 6.45) is 2.73. The van der Waals surface area contributed by atoms with Crippen molar-refractivity contribution in [2.24, 2.45) is 14.1 Å². The van der Waals surface area contributed by atoms with Crippen LogP contribution in [0.25, 0.3) is 11.2 Å². The molecule has 0 N–H and O–H groups in total. The van der Waals surface area contributed by atoms with E-state index in [1.54, 1.807) is 7.05 Å². The lowest BCUT2D eigenvalue weighted by Gasteiger charge is -2.08. The van der Waals surface area contributed by atoms with Gasteiger partial charge in [-0.3, -0.25) is 13.9 Å². The first-order valence-corrected chi connectivity index (χ1v) is 8.17. The number of nitrogens with zero attached hydrogens (tertiary/aromatic N) is 5. The van der Waals surface area contributed by atoms with Crippen molar-refractivity contribution < 1.29 is 0 Å². The van der Waals surface area contributed by atoms with Crippen LogP contribution in [-0.2, 0) is 27.1 Å². The maximum atomic E-state index is 12.5. The summed E-state index contributed by atoms with van der Waals surface area (Å²) in [6, 6.07) is 0. The molecule has 0 unspecified atom stereocenters. The summed E-state index contributed by atoms with van der Waals surface area (Å²) >= 11 is 1.14. The molecule has 0 aliphatic carbocycles. The maximum Gasteiger partial charge on any atom is 0.332 e. The molecule has 0 saturated carbocycles. The highest BCUT2D eigenvalue weighted by molar-refractivity contribution is 8.03. The van der Waals surface area contributed by atoms with Crippen LogP contribution in [0.1, 0.15) is 25.6 Å². The fourth-order valence-corrected chi connectivity index (χ4v) is 2.81. The Balaban J connectivity index is 2.68. The van der Waals surface area contributed by atoms with Gasteiger partial charge in [-0.2, -0.15) is 5.26 Å². The number of hydrogen-bond acceptors (Lipinski definition) is 5. The Kier molecular flexibility index (Phi) is 5.08. The van der Waals surface area contributed by atoms with Crippen LogP contribution in [0.15, 0.2) is 9.59 Å². The summed E-state index contributed by atoms with van der Waals surface area (Å²) in [5.74, 6) is 1.38. The second-order valence-electron chi connectivity index (χ2n) is 5.10. The second kappa shape index (κ2) is 6.83. The molecule has 0 saturated heterocycles. The molecule has 0 amide bonds. The minimum absolute atomic E-state index is 0.338. The van der Waals surface area contributed by atoms with Crippen LogP contribution in [0.4, 0.5) is 0 Å². The number of unbranched alkanes of at least 4 members (excludes halogenated alkanes) is 1. The van der Waals surface area contributed by atoms with E-state index >= 15 is 0 Å². The third-order valence-electron chi connectivity index (χ3n) is 3.66. The molecule has 8 heteroatoms. The lowest BCUT2D eigenvalue weighted by Crippen LogP contribution is -2.37. The first-order chi connectivity index (χ1) is 10.5. The molecule has 0 aromatic carbocycles. The van der Waals surface area contributed by atoms with Crippen molar-refractivity contribution in [3.63, 3.8) is 0 Å². The van der Waals surface area contributed by atoms with Crippen LogP contribution in [-0.4, -0.2) is 24.4 Å². The van der Waals surface area contributed by atoms with E-state index in [1.807, 2.05) is 9.97 Å². The summed E-state index contributed by atoms with van der Waals surface area (Å²) < 4.78 is 4.36. The van der Waals surface area contributed by atoms with Gasteiger partial charge in [-0.05, 0) is 18.2 Å². The summed E-state index contributed by atoms with van der Waals surface area (Å²) in [7, 11) is 3.09. The smallest absolute Gasteiger partial charge is 0.321 e. The number of rotatable bonds is 6. The first-order valence-electron chi connectivity index (χ1n) is 7.18. The predicted molar refractivity (Wildman–Crippen MR) is 86.9 cm³/mol. The molecule has 118 valence electrons. The van der Waals surface area contributed by atoms with Gasteiger partial charge in [0.05, 0.1) is 0 Å². The molecule has 0 spiro atoms. The van der Waals surface area contributed by atoms with Gasteiger partial charge < -0.3 is 4.57 Å². The molecule has 2 heterocycles. The molecule has 2 aromatic rings. The van der Waals surface area contributed by atoms with Gasteiger partial charge in [-0.15, -0.1) is 0 Å². The average Bonchev–Trinajstić information content (AvgIpc) is 2.88. The van der Waals surface area contributed by atoms with Crippen molar-refractivity contribution in [1.29, 1.82) is 5.26 Å². The zero-order valence-corrected chi connectivity index (χ0v) is 13.8. The van der Waals surface area contributed by atoms with Crippen LogP contribution in [0.3, 0.4) is 0 Å². The highest BCUT2D eigenvalue weighted by atomic mass is 32.2. The molecule has 2 rings (SSSR count). The van der Waals surface area contributed by atoms with Crippen molar-refractivity contribution >= 4 is 22.9 Å². The number of aromatic nitrogens is 4. The number of nitriles is 1. The topological polar surface area (TPSA) is 85.6 Å². The van der Waals surface area contributed by atoms with Gasteiger partial charge in [0, 0.05) is 32.8 Å². The fraction of sp³-hybridized carbons (Fsp3) is 0.571. The molecule has 7 nitrogen and oxygen atoms in total. The molecule has 0 fully saturated rings. The Morgan fingerprint density at radius 3 is 2.64 bits per heavy atom. The van der Waals surface area contributed by atoms with Crippen LogP contribution < -0.4 is 11.2 Å². The van der Waals surface area contributed by atoms with E-state index in [0.29, 0.717) is 23.5 Å². The van der Waals surface area contributed by atoms with E-state index in [4.69, 9.17) is 5.26 Å². The van der Waals surface area contributed by atoms with Gasteiger partial charge in [0.25, 0.3) is 5.56 Å². The largest absolute Gasteiger partial charge is 0.332 e. The lowest BCUT2D eigenvalue weighted by molar-refractivity contribution is 0.673. The fourth-order valence-electron chi connectivity index (χ4n) is 2.44. The normalized spacial score (nSPS) is 11.0. The molecule has 2 aromatic heterocycles. The van der Waals surface area contributed by atoms with Gasteiger partial charge >= 0.3 is 5.69 Å². The highest BCUT2D eigenvalue weighted by Crippen LogP contribution is 2.14. The number of fused-ring (bicyclic) bond motifs is 1. The van der Waals surface area contributed by atoms with Gasteiger partial charge in [-0.25, -0.2) is 9.78 Å². The highest BCUT2D eigenvalue weighted by Gasteiger charge is 2.18. The Labute approximate surface area is 132 Å². The average molecular weight is 321 g/mol. The van der Waals surface area contributed by atoms with Crippen LogP contribution >= 0.6 is 11.8 Å². The third kappa shape index (κ3) is 2.81. The maximum absolute atomic E-state index is 12.5. The van der Waals surface area contributed by atoms with E-state index in [2.05, 4.69) is 11.9 Å². The summed E-state index contributed by atoms with van der Waals surface area (Å²) in [4.78, 5) is 29.0. The number of imidazole rings is 1. The molecular formula is C14H19N5O2S. The van der Waals surface area contributed by atoms with Crippen molar-refractivity contribution in [3.05, 3.63) is 26.7 Å². The molecule has 0 aliphatic heterocycles. The standard InChI is InChI=1S/C14H19N5O2S/c1-4-5-6-10-16-12-11(19(10)7-8-22-9-15)13(20)18(3)14(21)17(12)2/h4-8H2,1-3H3. The van der Waals surface area contributed by atoms with Crippen molar-refractivity contribution in [3.8, 4) is 5.40 Å². The number of aryl methyl sites for hydroxylation is 3. The van der Waals surface area contributed by atoms with E-state index < -0.39 is 0 Å². The van der Waals surface area contributed by atoms with E-state index in [-0.39, 0.29) is 11.2 Å². The Morgan fingerprint density at radius 2 is 2.00 bits per heavy atom. The van der Waals surface area contributed by atoms with E-state index in [1.165, 1.54) is 11.6 Å². The molecule has 0 atom stereocenters. The minimum Gasteiger partial charge on any atom is -0.321 e. The number of thioether (sulfide) groups is 1. The van der Waals surface area contributed by atoms with Crippen molar-refractivity contribution in [2.45, 2.75) is 32.7 Å². The first kappa shape index (κ1) is 16.4. The van der Waals surface area contributed by atoms with Gasteiger partial charge in [0.1, 0.15) is 11.2 Å². The lowest BCUT2D eigenvalue weighted by atomic mass is 10.2. The Morgan fingerprint density at radius 1 is 1.27 bits per heavy atom. The van der Waals surface area contributed by atoms with Crippen LogP contribution in [0.5, 0.6) is 0 Å². The summed E-state index contributed by atoms with van der Waals surface area (Å²) in [5.41, 5.74) is 0.140. The van der Waals surface area contributed by atoms with Crippen LogP contribution in [0.2, 0.25) is 0 Å². The molecular weight excluding hydrogens is 302 g/mol. The van der Waals surface area contributed by atoms with E-state index in [0.717, 1.165) is 41.4 Å². The molecule has 0 aliphatic rings. The molecule has 0 radical (unpaired) electrons. The zero-order chi connectivity index (χ0) is 16.3. The summed E-state index contributed by atoms with van der Waals surface area (Å²) in [6.45, 7) is 2.62. The quantitative estimate of drug-likeness (QED) is 0.585. The monoisotopic (exact) mass is 321 g/mol. The Bertz CT molecular complexity index is 840. The molecule has 22 heavy (non-hydrogen) atoms.